The second-order valence-electron chi connectivity index (χ2n) is 6.97. The van der Waals surface area contributed by atoms with Crippen LogP contribution in [0.15, 0.2) is 48.7 Å². The van der Waals surface area contributed by atoms with E-state index in [9.17, 15) is 14.4 Å². The Morgan fingerprint density at radius 1 is 1.00 bits per heavy atom. The van der Waals surface area contributed by atoms with Crippen molar-refractivity contribution in [3.63, 3.8) is 0 Å². The highest BCUT2D eigenvalue weighted by molar-refractivity contribution is 5.82. The molecule has 1 aromatic heterocycles. The normalized spacial score (nSPS) is 11.3. The highest BCUT2D eigenvalue weighted by Gasteiger charge is 2.20. The number of unbranched alkanes of at least 4 members (excludes halogenated alkanes) is 1. The van der Waals surface area contributed by atoms with Gasteiger partial charge in [0.1, 0.15) is 11.6 Å². The summed E-state index contributed by atoms with van der Waals surface area (Å²) in [5.74, 6) is -0.843. The molecule has 1 aromatic carbocycles. The molecule has 1 atom stereocenters. The summed E-state index contributed by atoms with van der Waals surface area (Å²) < 4.78 is 5.10. The summed E-state index contributed by atoms with van der Waals surface area (Å²) in [6.07, 6.45) is 3.13. The predicted molar refractivity (Wildman–Crippen MR) is 115 cm³/mol. The van der Waals surface area contributed by atoms with Crippen molar-refractivity contribution in [1.29, 1.82) is 0 Å². The molecule has 0 radical (unpaired) electrons. The number of hydrazine groups is 1. The van der Waals surface area contributed by atoms with Crippen LogP contribution in [-0.4, -0.2) is 41.5 Å². The maximum atomic E-state index is 12.2. The number of rotatable bonds is 12. The molecule has 0 bridgehead atoms. The molecule has 0 saturated carbocycles. The summed E-state index contributed by atoms with van der Waals surface area (Å²) in [5, 5.41) is 12.3. The van der Waals surface area contributed by atoms with Crippen molar-refractivity contribution in [2.24, 2.45) is 0 Å². The molecule has 2 amide bonds. The summed E-state index contributed by atoms with van der Waals surface area (Å²) in [6, 6.07) is 12.5. The average Bonchev–Trinajstić information content (AvgIpc) is 2.77. The molecule has 0 aliphatic heterocycles. The number of amides is 2. The van der Waals surface area contributed by atoms with Crippen molar-refractivity contribution in [1.82, 2.24) is 15.8 Å². The Hall–Kier alpha value is -3.62. The molecule has 1 heterocycles. The van der Waals surface area contributed by atoms with E-state index in [2.05, 4.69) is 21.2 Å². The number of carboxylic acid groups (broad SMARTS) is 1. The van der Waals surface area contributed by atoms with E-state index in [0.29, 0.717) is 24.3 Å². The number of carbonyl (C=O) groups is 3. The van der Waals surface area contributed by atoms with E-state index in [0.717, 1.165) is 12.2 Å². The monoisotopic (exact) mass is 428 g/mol. The van der Waals surface area contributed by atoms with Gasteiger partial charge < -0.3 is 15.2 Å². The Labute approximate surface area is 181 Å². The second kappa shape index (κ2) is 12.8. The molecule has 31 heavy (non-hydrogen) atoms. The number of anilines is 1. The van der Waals surface area contributed by atoms with Crippen molar-refractivity contribution in [3.05, 3.63) is 54.2 Å². The fraction of sp³-hybridized carbons (Fsp3) is 0.364. The van der Waals surface area contributed by atoms with Gasteiger partial charge in [-0.2, -0.15) is 0 Å². The first kappa shape index (κ1) is 23.7. The molecule has 2 rings (SSSR count). The van der Waals surface area contributed by atoms with Crippen molar-refractivity contribution in [2.45, 2.75) is 38.0 Å². The zero-order valence-electron chi connectivity index (χ0n) is 17.5. The number of ether oxygens (including phenoxy) is 1. The summed E-state index contributed by atoms with van der Waals surface area (Å²) in [7, 11) is 1.54. The average molecular weight is 428 g/mol. The summed E-state index contributed by atoms with van der Waals surface area (Å²) in [4.78, 5) is 39.5. The number of aliphatic carboxylic acids is 1. The van der Waals surface area contributed by atoms with Crippen LogP contribution in [0.25, 0.3) is 0 Å². The van der Waals surface area contributed by atoms with Crippen LogP contribution in [0, 0.1) is 0 Å². The first-order chi connectivity index (χ1) is 15.0. The number of methoxy groups -OCH3 is 1. The minimum atomic E-state index is -1.00. The van der Waals surface area contributed by atoms with Gasteiger partial charge in [-0.1, -0.05) is 18.2 Å². The molecule has 2 aromatic rings. The molecule has 9 heteroatoms. The number of nitrogens with one attached hydrogen (secondary N) is 3. The van der Waals surface area contributed by atoms with E-state index in [-0.39, 0.29) is 25.2 Å². The molecule has 4 N–H and O–H groups in total. The molecule has 1 unspecified atom stereocenters. The lowest BCUT2D eigenvalue weighted by Crippen LogP contribution is -2.42. The number of nitrogens with zero attached hydrogens (tertiary/aromatic N) is 1. The molecule has 166 valence electrons. The van der Waals surface area contributed by atoms with E-state index in [4.69, 9.17) is 9.84 Å². The zero-order chi connectivity index (χ0) is 22.5. The molecule has 0 aliphatic carbocycles. The van der Waals surface area contributed by atoms with Crippen molar-refractivity contribution in [3.8, 4) is 5.75 Å². The van der Waals surface area contributed by atoms with Crippen molar-refractivity contribution in [2.75, 3.05) is 19.0 Å². The van der Waals surface area contributed by atoms with Crippen LogP contribution >= 0.6 is 0 Å². The first-order valence-corrected chi connectivity index (χ1v) is 10.1. The highest BCUT2D eigenvalue weighted by atomic mass is 16.5. The Bertz CT molecular complexity index is 843. The second-order valence-corrected chi connectivity index (χ2v) is 6.97. The van der Waals surface area contributed by atoms with Crippen LogP contribution in [0.2, 0.25) is 0 Å². The minimum Gasteiger partial charge on any atom is -0.497 e. The van der Waals surface area contributed by atoms with Crippen molar-refractivity contribution >= 4 is 23.6 Å². The Kier molecular flexibility index (Phi) is 9.80. The van der Waals surface area contributed by atoms with Crippen LogP contribution < -0.4 is 20.9 Å². The van der Waals surface area contributed by atoms with Gasteiger partial charge in [0.05, 0.1) is 13.5 Å². The third-order valence-electron chi connectivity index (χ3n) is 4.58. The number of carboxylic acids is 1. The van der Waals surface area contributed by atoms with Crippen LogP contribution in [0.3, 0.4) is 0 Å². The maximum Gasteiger partial charge on any atom is 0.303 e. The van der Waals surface area contributed by atoms with Gasteiger partial charge in [-0.3, -0.25) is 25.2 Å². The fourth-order valence-corrected chi connectivity index (χ4v) is 2.97. The van der Waals surface area contributed by atoms with Crippen LogP contribution in [0.1, 0.15) is 43.6 Å². The van der Waals surface area contributed by atoms with Gasteiger partial charge in [0, 0.05) is 31.5 Å². The molecule has 0 fully saturated rings. The highest BCUT2D eigenvalue weighted by Crippen LogP contribution is 2.25. The summed E-state index contributed by atoms with van der Waals surface area (Å²) in [5.41, 5.74) is 5.46. The molecule has 9 nitrogen and oxygen atoms in total. The Balaban J connectivity index is 1.70. The van der Waals surface area contributed by atoms with E-state index in [1.165, 1.54) is 7.11 Å². The number of carbonyl (C=O) groups excluding carboxylic acids is 2. The van der Waals surface area contributed by atoms with E-state index in [1.54, 1.807) is 30.5 Å². The van der Waals surface area contributed by atoms with E-state index >= 15 is 0 Å². The number of pyridine rings is 1. The largest absolute Gasteiger partial charge is 0.497 e. The Morgan fingerprint density at radius 3 is 2.39 bits per heavy atom. The number of aromatic nitrogens is 1. The molecule has 0 saturated heterocycles. The quantitative estimate of drug-likeness (QED) is 0.302. The van der Waals surface area contributed by atoms with Gasteiger partial charge in [-0.05, 0) is 42.7 Å². The predicted octanol–water partition coefficient (Wildman–Crippen LogP) is 2.47. The standard InChI is InChI=1S/C22H28N4O5/c1-31-18-10-8-16(9-11-18)17(15-22(29)30)14-21(28)26-25-20(27)7-3-5-13-24-19-6-2-4-12-23-19/h2,4,6,8-12,17H,3,5,7,13-15H2,1H3,(H,23,24)(H,25,27)(H,26,28)(H,29,30). The van der Waals surface area contributed by atoms with E-state index < -0.39 is 17.8 Å². The van der Waals surface area contributed by atoms with Gasteiger partial charge in [0.15, 0.2) is 0 Å². The SMILES string of the molecule is COc1ccc(C(CC(=O)O)CC(=O)NNC(=O)CCCCNc2ccccn2)cc1. The molecule has 0 spiro atoms. The van der Waals surface area contributed by atoms with Crippen LogP contribution in [-0.2, 0) is 14.4 Å². The first-order valence-electron chi connectivity index (χ1n) is 10.1. The number of hydrogen-bond acceptors (Lipinski definition) is 6. The smallest absolute Gasteiger partial charge is 0.303 e. The fourth-order valence-electron chi connectivity index (χ4n) is 2.97. The van der Waals surface area contributed by atoms with Gasteiger partial charge >= 0.3 is 5.97 Å². The van der Waals surface area contributed by atoms with Gasteiger partial charge in [-0.25, -0.2) is 4.98 Å². The van der Waals surface area contributed by atoms with Gasteiger partial charge in [0.25, 0.3) is 0 Å². The minimum absolute atomic E-state index is 0.0626. The molecule has 0 aliphatic rings. The summed E-state index contributed by atoms with van der Waals surface area (Å²) in [6.45, 7) is 0.690. The number of benzene rings is 1. The lowest BCUT2D eigenvalue weighted by molar-refractivity contribution is -0.137. The van der Waals surface area contributed by atoms with E-state index in [1.807, 2.05) is 18.2 Å². The molecular formula is C22H28N4O5. The lowest BCUT2D eigenvalue weighted by atomic mass is 9.92. The van der Waals surface area contributed by atoms with Crippen molar-refractivity contribution < 1.29 is 24.2 Å². The van der Waals surface area contributed by atoms with Crippen LogP contribution in [0.5, 0.6) is 5.75 Å². The van der Waals surface area contributed by atoms with Gasteiger partial charge in [-0.15, -0.1) is 0 Å². The summed E-state index contributed by atoms with van der Waals surface area (Å²) >= 11 is 0. The van der Waals surface area contributed by atoms with Gasteiger partial charge in [0.2, 0.25) is 11.8 Å². The maximum absolute atomic E-state index is 12.2. The third-order valence-corrected chi connectivity index (χ3v) is 4.58. The Morgan fingerprint density at radius 2 is 1.74 bits per heavy atom. The lowest BCUT2D eigenvalue weighted by Gasteiger charge is -2.16. The van der Waals surface area contributed by atoms with Crippen LogP contribution in [0.4, 0.5) is 5.82 Å². The molecular weight excluding hydrogens is 400 g/mol. The third kappa shape index (κ3) is 9.16. The zero-order valence-corrected chi connectivity index (χ0v) is 17.5. The number of hydrogen-bond donors (Lipinski definition) is 4. The topological polar surface area (TPSA) is 130 Å².